The van der Waals surface area contributed by atoms with Crippen molar-refractivity contribution in [3.63, 3.8) is 0 Å². The molecule has 23 heavy (non-hydrogen) atoms. The quantitative estimate of drug-likeness (QED) is 0.536. The number of pyridine rings is 1. The standard InChI is InChI=1S/C16H14N2O2.CH4O.ClH/c17-16-11-3-1-2-4-13(11)18-14-7-5-10(9-12(14)16)6-8-15(19)20;1-2;/h1-5,7,9H,6,8H2,(H2,17,18)(H,19,20);2H,1H3;1H. The lowest BCUT2D eigenvalue weighted by atomic mass is 10.0. The van der Waals surface area contributed by atoms with Crippen LogP contribution < -0.4 is 23.1 Å². The van der Waals surface area contributed by atoms with Crippen molar-refractivity contribution in [1.29, 1.82) is 0 Å². The molecule has 0 fully saturated rings. The van der Waals surface area contributed by atoms with Gasteiger partial charge in [0.2, 0.25) is 11.0 Å². The number of rotatable bonds is 3. The number of carbonyl (C=O) groups is 1. The molecule has 3 rings (SSSR count). The normalized spacial score (nSPS) is 9.83. The first-order valence-electron chi connectivity index (χ1n) is 6.94. The van der Waals surface area contributed by atoms with E-state index < -0.39 is 5.97 Å². The molecule has 0 aliphatic heterocycles. The molecule has 0 amide bonds. The number of H-pyrrole nitrogens is 1. The third-order valence-corrected chi connectivity index (χ3v) is 3.49. The molecule has 0 saturated carbocycles. The van der Waals surface area contributed by atoms with E-state index in [0.29, 0.717) is 6.42 Å². The van der Waals surface area contributed by atoms with Gasteiger partial charge in [-0.15, -0.1) is 0 Å². The van der Waals surface area contributed by atoms with E-state index in [2.05, 4.69) is 4.98 Å². The Labute approximate surface area is 140 Å². The number of halogens is 1. The largest absolute Gasteiger partial charge is 1.00 e. The van der Waals surface area contributed by atoms with Gasteiger partial charge in [0.1, 0.15) is 0 Å². The van der Waals surface area contributed by atoms with Crippen LogP contribution >= 0.6 is 0 Å². The number of fused-ring (bicyclic) bond motifs is 2. The molecule has 5 N–H and O–H groups in total. The number of aromatic nitrogens is 1. The highest BCUT2D eigenvalue weighted by Gasteiger charge is 2.12. The van der Waals surface area contributed by atoms with Crippen LogP contribution in [0.3, 0.4) is 0 Å². The van der Waals surface area contributed by atoms with Crippen molar-refractivity contribution in [1.82, 2.24) is 0 Å². The zero-order valence-electron chi connectivity index (χ0n) is 12.7. The first-order valence-corrected chi connectivity index (χ1v) is 6.94. The Bertz CT molecular complexity index is 821. The van der Waals surface area contributed by atoms with Gasteiger partial charge in [-0.3, -0.25) is 4.79 Å². The maximum atomic E-state index is 10.6. The van der Waals surface area contributed by atoms with Crippen LogP contribution in [0, 0.1) is 0 Å². The number of hydrogen-bond acceptors (Lipinski definition) is 3. The van der Waals surface area contributed by atoms with Gasteiger partial charge in [0.05, 0.1) is 16.5 Å². The second kappa shape index (κ2) is 8.31. The Hall–Kier alpha value is -2.37. The summed E-state index contributed by atoms with van der Waals surface area (Å²) in [5.74, 6) is -0.789. The first-order chi connectivity index (χ1) is 10.6. The number of carboxylic acid groups (broad SMARTS) is 1. The zero-order valence-corrected chi connectivity index (χ0v) is 13.5. The summed E-state index contributed by atoms with van der Waals surface area (Å²) in [5.41, 5.74) is 9.91. The Morgan fingerprint density at radius 2 is 1.74 bits per heavy atom. The Morgan fingerprint density at radius 1 is 1.09 bits per heavy atom. The fraction of sp³-hybridized carbons (Fsp3) is 0.176. The van der Waals surface area contributed by atoms with Crippen LogP contribution in [-0.2, 0) is 11.2 Å². The summed E-state index contributed by atoms with van der Waals surface area (Å²) < 4.78 is 0. The number of para-hydroxylation sites is 1. The van der Waals surface area contributed by atoms with Gasteiger partial charge in [0, 0.05) is 25.7 Å². The van der Waals surface area contributed by atoms with Gasteiger partial charge in [0.25, 0.3) is 0 Å². The third-order valence-electron chi connectivity index (χ3n) is 3.49. The molecule has 2 aromatic carbocycles. The molecule has 0 aliphatic rings. The highest BCUT2D eigenvalue weighted by atomic mass is 35.5. The van der Waals surface area contributed by atoms with E-state index >= 15 is 0 Å². The molecule has 6 heteroatoms. The number of aliphatic hydroxyl groups excluding tert-OH is 1. The molecule has 0 radical (unpaired) electrons. The van der Waals surface area contributed by atoms with E-state index in [0.717, 1.165) is 40.2 Å². The molecule has 1 heterocycles. The van der Waals surface area contributed by atoms with Crippen LogP contribution in [0.1, 0.15) is 12.0 Å². The smallest absolute Gasteiger partial charge is 0.303 e. The van der Waals surface area contributed by atoms with Crippen molar-refractivity contribution in [2.45, 2.75) is 12.8 Å². The molecule has 0 spiro atoms. The number of aromatic amines is 1. The average Bonchev–Trinajstić information content (AvgIpc) is 2.55. The second-order valence-electron chi connectivity index (χ2n) is 4.86. The number of aliphatic hydroxyl groups is 1. The highest BCUT2D eigenvalue weighted by molar-refractivity contribution is 6.03. The predicted molar refractivity (Wildman–Crippen MR) is 86.5 cm³/mol. The van der Waals surface area contributed by atoms with Crippen LogP contribution in [0.15, 0.2) is 42.5 Å². The topological polar surface area (TPSA) is 97.7 Å². The molecule has 5 nitrogen and oxygen atoms in total. The van der Waals surface area contributed by atoms with Crippen molar-refractivity contribution < 1.29 is 32.4 Å². The number of aliphatic carboxylic acids is 1. The number of nitrogens with two attached hydrogens (primary N) is 1. The maximum absolute atomic E-state index is 10.6. The van der Waals surface area contributed by atoms with Crippen molar-refractivity contribution in [2.75, 3.05) is 12.8 Å². The van der Waals surface area contributed by atoms with Crippen LogP contribution in [-0.4, -0.2) is 23.3 Å². The molecule has 122 valence electrons. The van der Waals surface area contributed by atoms with Gasteiger partial charge in [-0.2, -0.15) is 0 Å². The van der Waals surface area contributed by atoms with E-state index in [1.807, 2.05) is 42.5 Å². The van der Waals surface area contributed by atoms with E-state index in [4.69, 9.17) is 15.9 Å². The molecule has 0 saturated heterocycles. The van der Waals surface area contributed by atoms with Crippen molar-refractivity contribution in [3.8, 4) is 0 Å². The van der Waals surface area contributed by atoms with Gasteiger partial charge in [-0.25, -0.2) is 4.98 Å². The van der Waals surface area contributed by atoms with Crippen molar-refractivity contribution >= 4 is 33.5 Å². The minimum Gasteiger partial charge on any atom is -1.00 e. The lowest BCUT2D eigenvalue weighted by Gasteiger charge is -2.04. The zero-order chi connectivity index (χ0) is 16.1. The number of nitrogen functional groups attached to an aromatic ring is 1. The second-order valence-corrected chi connectivity index (χ2v) is 4.86. The average molecular weight is 335 g/mol. The van der Waals surface area contributed by atoms with Gasteiger partial charge in [-0.1, -0.05) is 18.2 Å². The Kier molecular flexibility index (Phi) is 6.75. The monoisotopic (exact) mass is 334 g/mol. The van der Waals surface area contributed by atoms with Crippen molar-refractivity contribution in [2.24, 2.45) is 0 Å². The summed E-state index contributed by atoms with van der Waals surface area (Å²) >= 11 is 0. The number of aryl methyl sites for hydroxylation is 1. The summed E-state index contributed by atoms with van der Waals surface area (Å²) in [6.45, 7) is 0. The predicted octanol–water partition coefficient (Wildman–Crippen LogP) is -0.981. The lowest BCUT2D eigenvalue weighted by molar-refractivity contribution is -0.310. The Balaban J connectivity index is 0.000000849. The minimum absolute atomic E-state index is 0. The van der Waals surface area contributed by atoms with Gasteiger partial charge in [-0.05, 0) is 24.1 Å². The summed E-state index contributed by atoms with van der Waals surface area (Å²) in [5, 5.41) is 17.7. The molecule has 0 bridgehead atoms. The number of nitrogens with one attached hydrogen (secondary N) is 1. The number of benzene rings is 2. The summed E-state index contributed by atoms with van der Waals surface area (Å²) in [6.07, 6.45) is 0.639. The van der Waals surface area contributed by atoms with Crippen LogP contribution in [0.2, 0.25) is 0 Å². The van der Waals surface area contributed by atoms with Crippen LogP contribution in [0.4, 0.5) is 5.69 Å². The SMILES string of the molecule is CO.Nc1c2ccccc2[nH+]c2ccc(CCC(=O)O)cc12.[Cl-]. The molecule has 0 aliphatic carbocycles. The van der Waals surface area contributed by atoms with Gasteiger partial charge < -0.3 is 28.4 Å². The highest BCUT2D eigenvalue weighted by Crippen LogP contribution is 2.26. The van der Waals surface area contributed by atoms with E-state index in [1.54, 1.807) is 0 Å². The maximum Gasteiger partial charge on any atom is 0.303 e. The van der Waals surface area contributed by atoms with Gasteiger partial charge in [0.15, 0.2) is 0 Å². The van der Waals surface area contributed by atoms with Crippen LogP contribution in [0.25, 0.3) is 21.8 Å². The first kappa shape index (κ1) is 18.7. The Morgan fingerprint density at radius 3 is 2.43 bits per heavy atom. The fourth-order valence-electron chi connectivity index (χ4n) is 2.45. The van der Waals surface area contributed by atoms with Crippen LogP contribution in [0.5, 0.6) is 0 Å². The number of anilines is 1. The summed E-state index contributed by atoms with van der Waals surface area (Å²) in [4.78, 5) is 14.0. The molecule has 0 atom stereocenters. The van der Waals surface area contributed by atoms with E-state index in [9.17, 15) is 4.79 Å². The number of hydrogen-bond donors (Lipinski definition) is 3. The summed E-state index contributed by atoms with van der Waals surface area (Å²) in [7, 11) is 1.00. The van der Waals surface area contributed by atoms with E-state index in [1.165, 1.54) is 0 Å². The molecule has 3 aromatic rings. The van der Waals surface area contributed by atoms with E-state index in [-0.39, 0.29) is 18.8 Å². The molecular formula is C17H19ClN2O3. The summed E-state index contributed by atoms with van der Waals surface area (Å²) in [6, 6.07) is 13.7. The lowest BCUT2D eigenvalue weighted by Crippen LogP contribution is -3.00. The molecule has 0 unspecified atom stereocenters. The van der Waals surface area contributed by atoms with Crippen molar-refractivity contribution in [3.05, 3.63) is 48.0 Å². The molecule has 1 aromatic heterocycles. The minimum atomic E-state index is -0.789. The molecular weight excluding hydrogens is 316 g/mol. The van der Waals surface area contributed by atoms with Gasteiger partial charge >= 0.3 is 5.97 Å². The fourth-order valence-corrected chi connectivity index (χ4v) is 2.45. The number of carboxylic acids is 1. The third kappa shape index (κ3) is 4.09.